The van der Waals surface area contributed by atoms with Gasteiger partial charge in [0.05, 0.1) is 29.1 Å². The maximum absolute atomic E-state index is 12.5. The highest BCUT2D eigenvalue weighted by atomic mass is 79.9. The average Bonchev–Trinajstić information content (AvgIpc) is 2.88. The number of amides is 1. The van der Waals surface area contributed by atoms with E-state index < -0.39 is 6.04 Å². The van der Waals surface area contributed by atoms with E-state index in [1.54, 1.807) is 4.68 Å². The quantitative estimate of drug-likeness (QED) is 0.697. The molecule has 2 aromatic rings. The number of halogens is 1. The zero-order chi connectivity index (χ0) is 19.3. The van der Waals surface area contributed by atoms with Gasteiger partial charge >= 0.3 is 0 Å². The van der Waals surface area contributed by atoms with Gasteiger partial charge in [-0.15, -0.1) is 0 Å². The van der Waals surface area contributed by atoms with Gasteiger partial charge in [-0.2, -0.15) is 5.10 Å². The van der Waals surface area contributed by atoms with Gasteiger partial charge in [-0.05, 0) is 68.2 Å². The molecule has 0 saturated heterocycles. The Kier molecular flexibility index (Phi) is 7.08. The second-order valence-corrected chi connectivity index (χ2v) is 6.76. The van der Waals surface area contributed by atoms with Gasteiger partial charge in [-0.3, -0.25) is 9.48 Å². The van der Waals surface area contributed by atoms with Gasteiger partial charge in [0.2, 0.25) is 5.91 Å². The molecule has 1 heterocycles. The fourth-order valence-corrected chi connectivity index (χ4v) is 2.93. The van der Waals surface area contributed by atoms with Crippen molar-refractivity contribution in [1.82, 2.24) is 15.1 Å². The molecule has 0 aliphatic rings. The summed E-state index contributed by atoms with van der Waals surface area (Å²) >= 11 is 3.49. The number of aryl methyl sites for hydroxylation is 1. The van der Waals surface area contributed by atoms with E-state index in [0.717, 1.165) is 21.4 Å². The maximum atomic E-state index is 12.5. The molecule has 7 heteroatoms. The van der Waals surface area contributed by atoms with Crippen LogP contribution in [0.2, 0.25) is 0 Å². The van der Waals surface area contributed by atoms with Crippen LogP contribution in [0.3, 0.4) is 0 Å². The molecule has 26 heavy (non-hydrogen) atoms. The van der Waals surface area contributed by atoms with Crippen LogP contribution in [0.4, 0.5) is 0 Å². The molecule has 142 valence electrons. The van der Waals surface area contributed by atoms with Crippen LogP contribution >= 0.6 is 15.9 Å². The number of carbonyl (C=O) groups is 1. The summed E-state index contributed by atoms with van der Waals surface area (Å²) in [4.78, 5) is 12.5. The summed E-state index contributed by atoms with van der Waals surface area (Å²) in [5, 5.41) is 7.39. The van der Waals surface area contributed by atoms with E-state index in [1.165, 1.54) is 0 Å². The normalized spacial score (nSPS) is 11.9. The third-order valence-electron chi connectivity index (χ3n) is 4.06. The predicted molar refractivity (Wildman–Crippen MR) is 105 cm³/mol. The van der Waals surface area contributed by atoms with Crippen molar-refractivity contribution in [2.24, 2.45) is 0 Å². The summed E-state index contributed by atoms with van der Waals surface area (Å²) in [6, 6.07) is 5.31. The highest BCUT2D eigenvalue weighted by Crippen LogP contribution is 2.28. The number of benzene rings is 1. The molecule has 1 aromatic heterocycles. The van der Waals surface area contributed by atoms with Gasteiger partial charge in [0, 0.05) is 6.54 Å². The van der Waals surface area contributed by atoms with E-state index in [9.17, 15) is 4.79 Å². The standard InChI is InChI=1S/C19H26BrN3O3/c1-6-25-16-9-8-15(10-17(16)26-7-2)11-21-19(24)14(5)23-13(4)18(20)12(3)22-23/h8-10,14H,6-7,11H2,1-5H3,(H,21,24). The van der Waals surface area contributed by atoms with E-state index in [2.05, 4.69) is 26.3 Å². The summed E-state index contributed by atoms with van der Waals surface area (Å²) in [7, 11) is 0. The van der Waals surface area contributed by atoms with Gasteiger partial charge in [0.1, 0.15) is 6.04 Å². The minimum atomic E-state index is -0.394. The molecule has 0 bridgehead atoms. The third kappa shape index (κ3) is 4.58. The van der Waals surface area contributed by atoms with Crippen molar-refractivity contribution in [3.05, 3.63) is 39.6 Å². The number of nitrogens with one attached hydrogen (secondary N) is 1. The zero-order valence-electron chi connectivity index (χ0n) is 15.9. The first-order valence-corrected chi connectivity index (χ1v) is 9.55. The molecule has 0 aliphatic carbocycles. The van der Waals surface area contributed by atoms with Crippen molar-refractivity contribution in [3.63, 3.8) is 0 Å². The van der Waals surface area contributed by atoms with Crippen molar-refractivity contribution in [3.8, 4) is 11.5 Å². The Morgan fingerprint density at radius 3 is 2.46 bits per heavy atom. The van der Waals surface area contributed by atoms with Crippen LogP contribution in [0.25, 0.3) is 0 Å². The Labute approximate surface area is 163 Å². The molecule has 0 radical (unpaired) electrons. The van der Waals surface area contributed by atoms with Crippen molar-refractivity contribution in [2.45, 2.75) is 47.2 Å². The highest BCUT2D eigenvalue weighted by Gasteiger charge is 2.20. The minimum Gasteiger partial charge on any atom is -0.490 e. The summed E-state index contributed by atoms with van der Waals surface area (Å²) in [6.07, 6.45) is 0. The van der Waals surface area contributed by atoms with E-state index in [1.807, 2.05) is 52.8 Å². The third-order valence-corrected chi connectivity index (χ3v) is 5.21. The molecule has 1 atom stereocenters. The maximum Gasteiger partial charge on any atom is 0.244 e. The molecule has 1 amide bonds. The second-order valence-electron chi connectivity index (χ2n) is 5.97. The molecule has 1 aromatic carbocycles. The first-order chi connectivity index (χ1) is 12.4. The van der Waals surface area contributed by atoms with Crippen LogP contribution in [-0.2, 0) is 11.3 Å². The lowest BCUT2D eigenvalue weighted by atomic mass is 10.2. The van der Waals surface area contributed by atoms with Crippen LogP contribution < -0.4 is 14.8 Å². The topological polar surface area (TPSA) is 65.4 Å². The largest absolute Gasteiger partial charge is 0.490 e. The lowest BCUT2D eigenvalue weighted by Crippen LogP contribution is -2.31. The number of hydrogen-bond donors (Lipinski definition) is 1. The monoisotopic (exact) mass is 423 g/mol. The van der Waals surface area contributed by atoms with Crippen molar-refractivity contribution < 1.29 is 14.3 Å². The minimum absolute atomic E-state index is 0.0880. The lowest BCUT2D eigenvalue weighted by molar-refractivity contribution is -0.124. The highest BCUT2D eigenvalue weighted by molar-refractivity contribution is 9.10. The smallest absolute Gasteiger partial charge is 0.244 e. The Morgan fingerprint density at radius 1 is 1.23 bits per heavy atom. The summed E-state index contributed by atoms with van der Waals surface area (Å²) < 4.78 is 13.9. The molecular formula is C19H26BrN3O3. The van der Waals surface area contributed by atoms with Gasteiger partial charge in [0.15, 0.2) is 11.5 Å². The summed E-state index contributed by atoms with van der Waals surface area (Å²) in [5.41, 5.74) is 2.76. The molecular weight excluding hydrogens is 398 g/mol. The van der Waals surface area contributed by atoms with Crippen molar-refractivity contribution >= 4 is 21.8 Å². The number of ether oxygens (including phenoxy) is 2. The molecule has 0 fully saturated rings. The Hall–Kier alpha value is -2.02. The van der Waals surface area contributed by atoms with Gasteiger partial charge < -0.3 is 14.8 Å². The Morgan fingerprint density at radius 2 is 1.88 bits per heavy atom. The van der Waals surface area contributed by atoms with E-state index in [4.69, 9.17) is 9.47 Å². The van der Waals surface area contributed by atoms with Crippen molar-refractivity contribution in [2.75, 3.05) is 13.2 Å². The SMILES string of the molecule is CCOc1ccc(CNC(=O)C(C)n2nc(C)c(Br)c2C)cc1OCC. The number of nitrogens with zero attached hydrogens (tertiary/aromatic N) is 2. The molecule has 0 spiro atoms. The van der Waals surface area contributed by atoms with E-state index in [0.29, 0.717) is 31.3 Å². The number of rotatable bonds is 8. The van der Waals surface area contributed by atoms with Gasteiger partial charge in [-0.1, -0.05) is 6.07 Å². The van der Waals surface area contributed by atoms with Crippen LogP contribution in [0.1, 0.15) is 43.8 Å². The Bertz CT molecular complexity index is 774. The lowest BCUT2D eigenvalue weighted by Gasteiger charge is -2.16. The fraction of sp³-hybridized carbons (Fsp3) is 0.474. The molecule has 0 aliphatic heterocycles. The first kappa shape index (κ1) is 20.3. The van der Waals surface area contributed by atoms with Crippen LogP contribution in [0.5, 0.6) is 11.5 Å². The second kappa shape index (κ2) is 9.07. The molecule has 1 N–H and O–H groups in total. The molecule has 1 unspecified atom stereocenters. The van der Waals surface area contributed by atoms with E-state index in [-0.39, 0.29) is 5.91 Å². The van der Waals surface area contributed by atoms with Crippen LogP contribution in [-0.4, -0.2) is 28.9 Å². The number of hydrogen-bond acceptors (Lipinski definition) is 4. The number of carbonyl (C=O) groups excluding carboxylic acids is 1. The predicted octanol–water partition coefficient (Wildman–Crippen LogP) is 3.94. The zero-order valence-corrected chi connectivity index (χ0v) is 17.5. The molecule has 0 saturated carbocycles. The number of aromatic nitrogens is 2. The average molecular weight is 424 g/mol. The van der Waals surface area contributed by atoms with Crippen LogP contribution in [0, 0.1) is 13.8 Å². The Balaban J connectivity index is 2.06. The van der Waals surface area contributed by atoms with Gasteiger partial charge in [-0.25, -0.2) is 0 Å². The fourth-order valence-electron chi connectivity index (χ4n) is 2.67. The van der Waals surface area contributed by atoms with Crippen LogP contribution in [0.15, 0.2) is 22.7 Å². The first-order valence-electron chi connectivity index (χ1n) is 8.76. The van der Waals surface area contributed by atoms with Gasteiger partial charge in [0.25, 0.3) is 0 Å². The van der Waals surface area contributed by atoms with Crippen molar-refractivity contribution in [1.29, 1.82) is 0 Å². The molecule has 6 nitrogen and oxygen atoms in total. The summed E-state index contributed by atoms with van der Waals surface area (Å²) in [5.74, 6) is 1.32. The summed E-state index contributed by atoms with van der Waals surface area (Å²) in [6.45, 7) is 11.1. The molecule has 2 rings (SSSR count). The van der Waals surface area contributed by atoms with E-state index >= 15 is 0 Å².